The second-order valence-electron chi connectivity index (χ2n) is 6.68. The summed E-state index contributed by atoms with van der Waals surface area (Å²) in [6.07, 6.45) is 3.23. The van der Waals surface area contributed by atoms with Crippen LogP contribution < -0.4 is 0 Å². The molecular weight excluding hydrogens is 248 g/mol. The predicted molar refractivity (Wildman–Crippen MR) is 70.3 cm³/mol. The van der Waals surface area contributed by atoms with Gasteiger partial charge in [0.15, 0.2) is 5.69 Å². The van der Waals surface area contributed by atoms with Gasteiger partial charge in [-0.1, -0.05) is 25.5 Å². The molecule has 0 aliphatic heterocycles. The van der Waals surface area contributed by atoms with Crippen molar-refractivity contribution in [2.45, 2.75) is 71.8 Å². The molecule has 2 rings (SSSR count). The van der Waals surface area contributed by atoms with Gasteiger partial charge in [0.2, 0.25) is 0 Å². The first-order valence-corrected chi connectivity index (χ1v) is 7.05. The summed E-state index contributed by atoms with van der Waals surface area (Å²) in [4.78, 5) is 0. The molecule has 1 aliphatic carbocycles. The molecule has 1 aliphatic rings. The summed E-state index contributed by atoms with van der Waals surface area (Å²) in [5.41, 5.74) is 0.168. The minimum Gasteiger partial charge on any atom is -0.246 e. The lowest BCUT2D eigenvalue weighted by Crippen LogP contribution is -2.25. The van der Waals surface area contributed by atoms with Crippen LogP contribution in [0.15, 0.2) is 0 Å². The van der Waals surface area contributed by atoms with Crippen LogP contribution in [0.3, 0.4) is 0 Å². The lowest BCUT2D eigenvalue weighted by atomic mass is 9.81. The minimum absolute atomic E-state index is 0.0702. The van der Waals surface area contributed by atoms with E-state index in [-0.39, 0.29) is 23.6 Å². The zero-order chi connectivity index (χ0) is 14.3. The molecule has 1 aromatic heterocycles. The molecule has 19 heavy (non-hydrogen) atoms. The Morgan fingerprint density at radius 3 is 2.53 bits per heavy atom. The highest BCUT2D eigenvalue weighted by atomic mass is 19.3. The van der Waals surface area contributed by atoms with E-state index in [0.717, 1.165) is 19.3 Å². The molecule has 1 heterocycles. The maximum atomic E-state index is 14.5. The molecule has 0 saturated heterocycles. The van der Waals surface area contributed by atoms with E-state index in [1.165, 1.54) is 0 Å². The topological polar surface area (TPSA) is 30.7 Å². The molecule has 0 radical (unpaired) electrons. The molecular formula is C14H23F2N3. The summed E-state index contributed by atoms with van der Waals surface area (Å²) >= 11 is 0. The van der Waals surface area contributed by atoms with Gasteiger partial charge in [-0.05, 0) is 38.5 Å². The van der Waals surface area contributed by atoms with E-state index in [9.17, 15) is 8.78 Å². The van der Waals surface area contributed by atoms with Crippen LogP contribution in [0.4, 0.5) is 8.78 Å². The Bertz CT molecular complexity index is 450. The van der Waals surface area contributed by atoms with Gasteiger partial charge in [-0.15, -0.1) is 5.10 Å². The molecule has 0 fully saturated rings. The van der Waals surface area contributed by atoms with Crippen LogP contribution in [-0.2, 0) is 12.3 Å². The lowest BCUT2D eigenvalue weighted by Gasteiger charge is -2.28. The normalized spacial score (nSPS) is 22.5. The molecule has 0 aromatic carbocycles. The van der Waals surface area contributed by atoms with Crippen molar-refractivity contribution >= 4 is 0 Å². The van der Waals surface area contributed by atoms with Gasteiger partial charge in [0.05, 0.1) is 5.69 Å². The fourth-order valence-electron chi connectivity index (χ4n) is 2.91. The Labute approximate surface area is 113 Å². The van der Waals surface area contributed by atoms with Gasteiger partial charge in [-0.3, -0.25) is 0 Å². The van der Waals surface area contributed by atoms with Crippen molar-refractivity contribution in [1.82, 2.24) is 15.0 Å². The Hall–Kier alpha value is -1.00. The van der Waals surface area contributed by atoms with Crippen LogP contribution in [0.2, 0.25) is 0 Å². The van der Waals surface area contributed by atoms with Crippen molar-refractivity contribution in [1.29, 1.82) is 0 Å². The summed E-state index contributed by atoms with van der Waals surface area (Å²) < 4.78 is 30.6. The Morgan fingerprint density at radius 1 is 1.21 bits per heavy atom. The van der Waals surface area contributed by atoms with E-state index >= 15 is 0 Å². The molecule has 0 spiro atoms. The maximum Gasteiger partial charge on any atom is 0.293 e. The lowest BCUT2D eigenvalue weighted by molar-refractivity contribution is -0.0510. The van der Waals surface area contributed by atoms with Crippen molar-refractivity contribution in [3.8, 4) is 0 Å². The zero-order valence-corrected chi connectivity index (χ0v) is 12.2. The van der Waals surface area contributed by atoms with E-state index in [0.29, 0.717) is 12.1 Å². The highest BCUT2D eigenvalue weighted by Crippen LogP contribution is 2.44. The fourth-order valence-corrected chi connectivity index (χ4v) is 2.91. The third kappa shape index (κ3) is 2.95. The van der Waals surface area contributed by atoms with Crippen molar-refractivity contribution in [2.24, 2.45) is 5.41 Å². The van der Waals surface area contributed by atoms with Gasteiger partial charge < -0.3 is 0 Å². The van der Waals surface area contributed by atoms with Crippen LogP contribution >= 0.6 is 0 Å². The molecule has 0 N–H and O–H groups in total. The van der Waals surface area contributed by atoms with Crippen LogP contribution in [0.1, 0.15) is 70.8 Å². The summed E-state index contributed by atoms with van der Waals surface area (Å²) in [5.74, 6) is -2.88. The van der Waals surface area contributed by atoms with E-state index in [2.05, 4.69) is 10.3 Å². The maximum absolute atomic E-state index is 14.5. The summed E-state index contributed by atoms with van der Waals surface area (Å²) in [5, 5.41) is 7.74. The number of hydrogen-bond donors (Lipinski definition) is 0. The third-order valence-electron chi connectivity index (χ3n) is 3.84. The monoisotopic (exact) mass is 271 g/mol. The smallest absolute Gasteiger partial charge is 0.246 e. The highest BCUT2D eigenvalue weighted by molar-refractivity contribution is 5.18. The molecule has 5 heteroatoms. The number of rotatable bonds is 1. The Kier molecular flexibility index (Phi) is 3.67. The van der Waals surface area contributed by atoms with E-state index < -0.39 is 5.92 Å². The number of halogens is 2. The average molecular weight is 271 g/mol. The van der Waals surface area contributed by atoms with Crippen LogP contribution in [0.5, 0.6) is 0 Å². The van der Waals surface area contributed by atoms with Gasteiger partial charge in [0, 0.05) is 12.5 Å². The summed E-state index contributed by atoms with van der Waals surface area (Å²) in [6.45, 7) is 7.73. The largest absolute Gasteiger partial charge is 0.293 e. The van der Waals surface area contributed by atoms with Crippen molar-refractivity contribution in [3.05, 3.63) is 11.4 Å². The van der Waals surface area contributed by atoms with Gasteiger partial charge in [0.25, 0.3) is 5.92 Å². The number of fused-ring (bicyclic) bond motifs is 1. The quantitative estimate of drug-likeness (QED) is 0.770. The third-order valence-corrected chi connectivity index (χ3v) is 3.84. The SMILES string of the molecule is CC(C)n1nnc2c1CCCCC(C)(C)CC2(F)F. The van der Waals surface area contributed by atoms with Crippen molar-refractivity contribution < 1.29 is 8.78 Å². The summed E-state index contributed by atoms with van der Waals surface area (Å²) in [7, 11) is 0. The van der Waals surface area contributed by atoms with E-state index in [4.69, 9.17) is 0 Å². The van der Waals surface area contributed by atoms with Gasteiger partial charge in [0.1, 0.15) is 0 Å². The first-order chi connectivity index (χ1) is 8.73. The first-order valence-electron chi connectivity index (χ1n) is 7.05. The van der Waals surface area contributed by atoms with Crippen molar-refractivity contribution in [3.63, 3.8) is 0 Å². The van der Waals surface area contributed by atoms with E-state index in [1.54, 1.807) is 4.68 Å². The highest BCUT2D eigenvalue weighted by Gasteiger charge is 2.43. The fraction of sp³-hybridized carbons (Fsp3) is 0.857. The minimum atomic E-state index is -2.88. The number of alkyl halides is 2. The number of nitrogens with zero attached hydrogens (tertiary/aromatic N) is 3. The standard InChI is InChI=1S/C14H23F2N3/c1-10(2)19-11-7-5-6-8-13(3,4)9-14(15,16)12(11)17-18-19/h10H,5-9H2,1-4H3. The number of hydrogen-bond acceptors (Lipinski definition) is 2. The molecule has 0 atom stereocenters. The average Bonchev–Trinajstić information content (AvgIpc) is 2.66. The predicted octanol–water partition coefficient (Wildman–Crippen LogP) is 4.09. The molecule has 1 aromatic rings. The van der Waals surface area contributed by atoms with Crippen LogP contribution in [-0.4, -0.2) is 15.0 Å². The molecule has 3 nitrogen and oxygen atoms in total. The first kappa shape index (κ1) is 14.4. The van der Waals surface area contributed by atoms with Crippen LogP contribution in [0.25, 0.3) is 0 Å². The molecule has 108 valence electrons. The Morgan fingerprint density at radius 2 is 1.89 bits per heavy atom. The Balaban J connectivity index is 2.45. The van der Waals surface area contributed by atoms with Gasteiger partial charge in [-0.25, -0.2) is 4.68 Å². The second-order valence-corrected chi connectivity index (χ2v) is 6.68. The van der Waals surface area contributed by atoms with Gasteiger partial charge >= 0.3 is 0 Å². The second kappa shape index (κ2) is 4.84. The van der Waals surface area contributed by atoms with Crippen LogP contribution in [0, 0.1) is 5.41 Å². The summed E-state index contributed by atoms with van der Waals surface area (Å²) in [6, 6.07) is 0.0702. The molecule has 0 amide bonds. The van der Waals surface area contributed by atoms with Gasteiger partial charge in [-0.2, -0.15) is 8.78 Å². The van der Waals surface area contributed by atoms with Crippen molar-refractivity contribution in [2.75, 3.05) is 0 Å². The number of aromatic nitrogens is 3. The molecule has 0 bridgehead atoms. The zero-order valence-electron chi connectivity index (χ0n) is 12.2. The van der Waals surface area contributed by atoms with E-state index in [1.807, 2.05) is 27.7 Å². The molecule has 0 unspecified atom stereocenters. The molecule has 0 saturated carbocycles.